The van der Waals surface area contributed by atoms with Crippen molar-refractivity contribution >= 4 is 22.4 Å². The summed E-state index contributed by atoms with van der Waals surface area (Å²) in [6, 6.07) is 21.2. The highest BCUT2D eigenvalue weighted by Crippen LogP contribution is 2.36. The summed E-state index contributed by atoms with van der Waals surface area (Å²) in [6.07, 6.45) is 1.86. The van der Waals surface area contributed by atoms with Crippen molar-refractivity contribution in [2.75, 3.05) is 25.7 Å². The Balaban J connectivity index is 1.44. The largest absolute Gasteiger partial charge is 0.497 e. The number of carbonyl (C=O) groups is 1. The highest BCUT2D eigenvalue weighted by Gasteiger charge is 2.16. The summed E-state index contributed by atoms with van der Waals surface area (Å²) in [5.41, 5.74) is 11.1. The number of nitrogens with zero attached hydrogens (tertiary/aromatic N) is 2. The van der Waals surface area contributed by atoms with Crippen molar-refractivity contribution in [1.29, 1.82) is 0 Å². The molecule has 3 aromatic carbocycles. The summed E-state index contributed by atoms with van der Waals surface area (Å²) in [4.78, 5) is 19.7. The van der Waals surface area contributed by atoms with Gasteiger partial charge in [0.25, 0.3) is 5.91 Å². The van der Waals surface area contributed by atoms with Crippen LogP contribution in [0.5, 0.6) is 11.5 Å². The van der Waals surface area contributed by atoms with Gasteiger partial charge in [0, 0.05) is 42.7 Å². The van der Waals surface area contributed by atoms with Crippen LogP contribution in [0.1, 0.15) is 27.0 Å². The van der Waals surface area contributed by atoms with E-state index >= 15 is 0 Å². The lowest BCUT2D eigenvalue weighted by atomic mass is 10.1. The molecule has 0 aliphatic heterocycles. The third-order valence-electron chi connectivity index (χ3n) is 6.06. The van der Waals surface area contributed by atoms with E-state index in [1.807, 2.05) is 78.2 Å². The summed E-state index contributed by atoms with van der Waals surface area (Å²) >= 11 is 1.56. The minimum absolute atomic E-state index is 0.116. The standard InChI is InChI=1S/C30H32N4O3S/c1-4-14-34(30-33-27(20-38-30)26-16-25(36-2)12-13-28(26)37-3)19-21-8-10-24(11-9-21)29(35)32-18-23-7-5-6-22(15-23)17-31/h4-13,15-16,20H,1,14,17-19,31H2,2-3H3,(H,32,35). The van der Waals surface area contributed by atoms with E-state index in [1.54, 1.807) is 25.6 Å². The number of nitrogens with two attached hydrogens (primary N) is 1. The molecule has 0 radical (unpaired) electrons. The zero-order chi connectivity index (χ0) is 26.9. The van der Waals surface area contributed by atoms with Gasteiger partial charge in [-0.25, -0.2) is 4.98 Å². The van der Waals surface area contributed by atoms with E-state index in [-0.39, 0.29) is 5.91 Å². The van der Waals surface area contributed by atoms with Crippen molar-refractivity contribution in [2.45, 2.75) is 19.6 Å². The van der Waals surface area contributed by atoms with Crippen LogP contribution in [0.15, 0.2) is 84.8 Å². The molecule has 0 fully saturated rings. The molecule has 4 rings (SSSR count). The Morgan fingerprint density at radius 3 is 2.55 bits per heavy atom. The molecule has 4 aromatic rings. The molecule has 0 saturated heterocycles. The van der Waals surface area contributed by atoms with Crippen LogP contribution < -0.4 is 25.4 Å². The Morgan fingerprint density at radius 2 is 1.84 bits per heavy atom. The zero-order valence-corrected chi connectivity index (χ0v) is 22.5. The second kappa shape index (κ2) is 12.9. The van der Waals surface area contributed by atoms with E-state index in [0.717, 1.165) is 44.6 Å². The van der Waals surface area contributed by atoms with E-state index < -0.39 is 0 Å². The fraction of sp³-hybridized carbons (Fsp3) is 0.200. The highest BCUT2D eigenvalue weighted by molar-refractivity contribution is 7.14. The number of hydrogen-bond acceptors (Lipinski definition) is 7. The molecule has 0 bridgehead atoms. The molecular weight excluding hydrogens is 496 g/mol. The molecule has 8 heteroatoms. The van der Waals surface area contributed by atoms with Crippen LogP contribution in [0.25, 0.3) is 11.3 Å². The molecule has 1 aromatic heterocycles. The maximum Gasteiger partial charge on any atom is 0.251 e. The third kappa shape index (κ3) is 6.59. The minimum Gasteiger partial charge on any atom is -0.497 e. The number of nitrogens with one attached hydrogen (secondary N) is 1. The van der Waals surface area contributed by atoms with E-state index in [2.05, 4.69) is 16.8 Å². The molecule has 3 N–H and O–H groups in total. The van der Waals surface area contributed by atoms with Crippen LogP contribution in [0.2, 0.25) is 0 Å². The number of benzene rings is 3. The first kappa shape index (κ1) is 26.9. The topological polar surface area (TPSA) is 89.7 Å². The number of methoxy groups -OCH3 is 2. The SMILES string of the molecule is C=CCN(Cc1ccc(C(=O)NCc2cccc(CN)c2)cc1)c1nc(-c2cc(OC)ccc2OC)cs1. The van der Waals surface area contributed by atoms with Crippen LogP contribution in [-0.2, 0) is 19.6 Å². The molecule has 0 aliphatic carbocycles. The van der Waals surface area contributed by atoms with E-state index in [9.17, 15) is 4.79 Å². The molecule has 0 atom stereocenters. The monoisotopic (exact) mass is 528 g/mol. The molecular formula is C30H32N4O3S. The summed E-state index contributed by atoms with van der Waals surface area (Å²) in [5, 5.41) is 5.86. The first-order valence-corrected chi connectivity index (χ1v) is 13.1. The first-order valence-electron chi connectivity index (χ1n) is 12.2. The first-order chi connectivity index (χ1) is 18.5. The van der Waals surface area contributed by atoms with Gasteiger partial charge in [0.15, 0.2) is 5.13 Å². The number of rotatable bonds is 12. The van der Waals surface area contributed by atoms with Crippen LogP contribution in [0.4, 0.5) is 5.13 Å². The molecule has 1 heterocycles. The number of ether oxygens (including phenoxy) is 2. The molecule has 38 heavy (non-hydrogen) atoms. The third-order valence-corrected chi connectivity index (χ3v) is 6.97. The molecule has 196 valence electrons. The summed E-state index contributed by atoms with van der Waals surface area (Å²) in [5.74, 6) is 1.36. The lowest BCUT2D eigenvalue weighted by Crippen LogP contribution is -2.24. The van der Waals surface area contributed by atoms with E-state index in [4.69, 9.17) is 20.2 Å². The predicted octanol–water partition coefficient (Wildman–Crippen LogP) is 5.41. The number of hydrogen-bond donors (Lipinski definition) is 2. The van der Waals surface area contributed by atoms with Gasteiger partial charge in [-0.1, -0.05) is 42.5 Å². The number of carbonyl (C=O) groups excluding carboxylic acids is 1. The Bertz CT molecular complexity index is 1380. The Labute approximate surface area is 227 Å². The Hall–Kier alpha value is -4.14. The average molecular weight is 529 g/mol. The molecule has 0 spiro atoms. The van der Waals surface area contributed by atoms with Crippen molar-refractivity contribution in [3.8, 4) is 22.8 Å². The summed E-state index contributed by atoms with van der Waals surface area (Å²) in [6.45, 7) is 6.10. The van der Waals surface area contributed by atoms with Gasteiger partial charge in [-0.15, -0.1) is 17.9 Å². The van der Waals surface area contributed by atoms with Crippen molar-refractivity contribution in [3.05, 3.63) is 107 Å². The van der Waals surface area contributed by atoms with Gasteiger partial charge in [0.1, 0.15) is 11.5 Å². The molecule has 7 nitrogen and oxygen atoms in total. The highest BCUT2D eigenvalue weighted by atomic mass is 32.1. The second-order valence-corrected chi connectivity index (χ2v) is 9.49. The van der Waals surface area contributed by atoms with E-state index in [1.165, 1.54) is 0 Å². The van der Waals surface area contributed by atoms with Crippen molar-refractivity contribution in [1.82, 2.24) is 10.3 Å². The molecule has 0 aliphatic rings. The van der Waals surface area contributed by atoms with Crippen molar-refractivity contribution in [2.24, 2.45) is 5.73 Å². The van der Waals surface area contributed by atoms with Gasteiger partial charge in [0.2, 0.25) is 0 Å². The van der Waals surface area contributed by atoms with Crippen LogP contribution >= 0.6 is 11.3 Å². The van der Waals surface area contributed by atoms with Gasteiger partial charge in [-0.2, -0.15) is 0 Å². The molecule has 0 saturated carbocycles. The van der Waals surface area contributed by atoms with Crippen molar-refractivity contribution < 1.29 is 14.3 Å². The molecule has 0 unspecified atom stereocenters. The van der Waals surface area contributed by atoms with Gasteiger partial charge in [-0.3, -0.25) is 4.79 Å². The average Bonchev–Trinajstić information content (AvgIpc) is 3.46. The maximum absolute atomic E-state index is 12.7. The van der Waals surface area contributed by atoms with Crippen molar-refractivity contribution in [3.63, 3.8) is 0 Å². The van der Waals surface area contributed by atoms with Crippen LogP contribution in [0.3, 0.4) is 0 Å². The number of anilines is 1. The fourth-order valence-electron chi connectivity index (χ4n) is 4.05. The number of thiazole rings is 1. The van der Waals surface area contributed by atoms with Gasteiger partial charge in [-0.05, 0) is 47.0 Å². The predicted molar refractivity (Wildman–Crippen MR) is 154 cm³/mol. The van der Waals surface area contributed by atoms with E-state index in [0.29, 0.717) is 31.7 Å². The molecule has 1 amide bonds. The van der Waals surface area contributed by atoms with Gasteiger partial charge >= 0.3 is 0 Å². The minimum atomic E-state index is -0.116. The van der Waals surface area contributed by atoms with Gasteiger partial charge < -0.3 is 25.4 Å². The van der Waals surface area contributed by atoms with Crippen LogP contribution in [0, 0.1) is 0 Å². The quantitative estimate of drug-likeness (QED) is 0.239. The maximum atomic E-state index is 12.7. The lowest BCUT2D eigenvalue weighted by molar-refractivity contribution is 0.0951. The normalized spacial score (nSPS) is 10.6. The Kier molecular flexibility index (Phi) is 9.13. The summed E-state index contributed by atoms with van der Waals surface area (Å²) < 4.78 is 10.9. The van der Waals surface area contributed by atoms with Gasteiger partial charge in [0.05, 0.1) is 19.9 Å². The smallest absolute Gasteiger partial charge is 0.251 e. The van der Waals surface area contributed by atoms with Crippen LogP contribution in [-0.4, -0.2) is 31.7 Å². The second-order valence-electron chi connectivity index (χ2n) is 8.65. The number of aromatic nitrogens is 1. The summed E-state index contributed by atoms with van der Waals surface area (Å²) in [7, 11) is 3.28. The Morgan fingerprint density at radius 1 is 1.05 bits per heavy atom. The zero-order valence-electron chi connectivity index (χ0n) is 21.6. The fourth-order valence-corrected chi connectivity index (χ4v) is 4.88. The number of amides is 1. The lowest BCUT2D eigenvalue weighted by Gasteiger charge is -2.20.